The topological polar surface area (TPSA) is 78.7 Å². The Morgan fingerprint density at radius 1 is 1.22 bits per heavy atom. The molecular formula is C16H28N4O3. The first-order chi connectivity index (χ1) is 10.7. The second kappa shape index (κ2) is 8.55. The molecule has 1 aromatic rings. The molecule has 0 atom stereocenters. The van der Waals surface area contributed by atoms with Crippen LogP contribution in [0.5, 0.6) is 0 Å². The van der Waals surface area contributed by atoms with Gasteiger partial charge in [0.1, 0.15) is 6.26 Å². The maximum absolute atomic E-state index is 12.2. The smallest absolute Gasteiger partial charge is 0.319 e. The molecule has 1 rings (SSSR count). The van der Waals surface area contributed by atoms with Crippen LogP contribution in [0.25, 0.3) is 0 Å². The van der Waals surface area contributed by atoms with Gasteiger partial charge in [-0.25, -0.2) is 9.78 Å². The molecule has 1 heterocycles. The van der Waals surface area contributed by atoms with Crippen molar-refractivity contribution in [2.45, 2.75) is 34.2 Å². The van der Waals surface area contributed by atoms with Crippen LogP contribution < -0.4 is 5.32 Å². The Balaban J connectivity index is 2.74. The van der Waals surface area contributed by atoms with E-state index in [1.54, 1.807) is 19.0 Å². The summed E-state index contributed by atoms with van der Waals surface area (Å²) in [6, 6.07) is -0.109. The third-order valence-corrected chi connectivity index (χ3v) is 3.02. The Kier molecular flexibility index (Phi) is 7.06. The van der Waals surface area contributed by atoms with Crippen molar-refractivity contribution in [2.75, 3.05) is 27.2 Å². The van der Waals surface area contributed by atoms with E-state index in [4.69, 9.17) is 4.42 Å². The van der Waals surface area contributed by atoms with Crippen LogP contribution in [0.3, 0.4) is 0 Å². The maximum atomic E-state index is 12.2. The SMILES string of the molecule is CC(C)CNC(=O)c1coc(CN(CC(C)C)C(=O)N(C)C)n1. The lowest BCUT2D eigenvalue weighted by Gasteiger charge is -2.26. The Labute approximate surface area is 138 Å². The van der Waals surface area contributed by atoms with E-state index in [1.165, 1.54) is 11.2 Å². The number of hydrogen-bond acceptors (Lipinski definition) is 4. The van der Waals surface area contributed by atoms with Crippen LogP contribution in [-0.2, 0) is 6.54 Å². The zero-order valence-corrected chi connectivity index (χ0v) is 14.9. The highest BCUT2D eigenvalue weighted by Gasteiger charge is 2.20. The summed E-state index contributed by atoms with van der Waals surface area (Å²) in [5.74, 6) is 0.783. The van der Waals surface area contributed by atoms with Crippen LogP contribution in [0.15, 0.2) is 10.7 Å². The minimum atomic E-state index is -0.261. The summed E-state index contributed by atoms with van der Waals surface area (Å²) in [6.45, 7) is 9.53. The van der Waals surface area contributed by atoms with E-state index in [-0.39, 0.29) is 24.2 Å². The first-order valence-electron chi connectivity index (χ1n) is 7.89. The van der Waals surface area contributed by atoms with Gasteiger partial charge in [0, 0.05) is 27.2 Å². The molecule has 0 bridgehead atoms. The molecule has 0 radical (unpaired) electrons. The zero-order chi connectivity index (χ0) is 17.6. The Bertz CT molecular complexity index is 523. The van der Waals surface area contributed by atoms with E-state index in [9.17, 15) is 9.59 Å². The highest BCUT2D eigenvalue weighted by Crippen LogP contribution is 2.10. The molecule has 130 valence electrons. The van der Waals surface area contributed by atoms with Crippen molar-refractivity contribution in [3.8, 4) is 0 Å². The van der Waals surface area contributed by atoms with Crippen LogP contribution in [0.2, 0.25) is 0 Å². The number of nitrogens with one attached hydrogen (secondary N) is 1. The molecule has 0 saturated heterocycles. The molecule has 7 heteroatoms. The van der Waals surface area contributed by atoms with Gasteiger partial charge in [-0.05, 0) is 11.8 Å². The zero-order valence-electron chi connectivity index (χ0n) is 14.9. The summed E-state index contributed by atoms with van der Waals surface area (Å²) < 4.78 is 5.35. The fourth-order valence-electron chi connectivity index (χ4n) is 1.97. The fourth-order valence-corrected chi connectivity index (χ4v) is 1.97. The summed E-state index contributed by atoms with van der Waals surface area (Å²) in [5.41, 5.74) is 0.238. The first kappa shape index (κ1) is 19.0. The minimum Gasteiger partial charge on any atom is -0.446 e. The first-order valence-corrected chi connectivity index (χ1v) is 7.89. The lowest BCUT2D eigenvalue weighted by Crippen LogP contribution is -2.40. The van der Waals surface area contributed by atoms with E-state index in [0.29, 0.717) is 30.8 Å². The quantitative estimate of drug-likeness (QED) is 0.834. The van der Waals surface area contributed by atoms with Gasteiger partial charge in [-0.2, -0.15) is 0 Å². The minimum absolute atomic E-state index is 0.109. The number of nitrogens with zero attached hydrogens (tertiary/aromatic N) is 3. The average Bonchev–Trinajstić information content (AvgIpc) is 2.91. The lowest BCUT2D eigenvalue weighted by atomic mass is 10.2. The Morgan fingerprint density at radius 3 is 2.39 bits per heavy atom. The summed E-state index contributed by atoms with van der Waals surface area (Å²) in [5, 5.41) is 2.79. The van der Waals surface area contributed by atoms with Crippen molar-refractivity contribution < 1.29 is 14.0 Å². The van der Waals surface area contributed by atoms with E-state index >= 15 is 0 Å². The van der Waals surface area contributed by atoms with E-state index in [0.717, 1.165) is 0 Å². The predicted octanol–water partition coefficient (Wildman–Crippen LogP) is 2.20. The molecule has 0 saturated carbocycles. The van der Waals surface area contributed by atoms with Gasteiger partial charge < -0.3 is 19.5 Å². The Morgan fingerprint density at radius 2 is 1.87 bits per heavy atom. The van der Waals surface area contributed by atoms with E-state index in [2.05, 4.69) is 10.3 Å². The van der Waals surface area contributed by atoms with Gasteiger partial charge >= 0.3 is 6.03 Å². The molecule has 0 aliphatic heterocycles. The van der Waals surface area contributed by atoms with Crippen LogP contribution in [0.4, 0.5) is 4.79 Å². The molecule has 1 aromatic heterocycles. The van der Waals surface area contributed by atoms with Crippen LogP contribution >= 0.6 is 0 Å². The highest BCUT2D eigenvalue weighted by atomic mass is 16.3. The molecule has 0 spiro atoms. The molecule has 0 fully saturated rings. The van der Waals surface area contributed by atoms with Gasteiger partial charge in [0.2, 0.25) is 5.89 Å². The third kappa shape index (κ3) is 6.30. The highest BCUT2D eigenvalue weighted by molar-refractivity contribution is 5.91. The number of hydrogen-bond donors (Lipinski definition) is 1. The van der Waals surface area contributed by atoms with E-state index in [1.807, 2.05) is 27.7 Å². The van der Waals surface area contributed by atoms with Gasteiger partial charge in [-0.1, -0.05) is 27.7 Å². The second-order valence-electron chi connectivity index (χ2n) is 6.68. The number of aromatic nitrogens is 1. The van der Waals surface area contributed by atoms with E-state index < -0.39 is 0 Å². The summed E-state index contributed by atoms with van der Waals surface area (Å²) in [7, 11) is 3.41. The molecule has 0 aliphatic rings. The summed E-state index contributed by atoms with van der Waals surface area (Å²) in [6.07, 6.45) is 1.33. The van der Waals surface area contributed by atoms with Gasteiger partial charge in [0.15, 0.2) is 5.69 Å². The molecule has 23 heavy (non-hydrogen) atoms. The average molecular weight is 324 g/mol. The number of urea groups is 1. The predicted molar refractivity (Wildman–Crippen MR) is 88.0 cm³/mol. The molecule has 7 nitrogen and oxygen atoms in total. The van der Waals surface area contributed by atoms with Crippen LogP contribution in [0.1, 0.15) is 44.1 Å². The summed E-state index contributed by atoms with van der Waals surface area (Å²) >= 11 is 0. The normalized spacial score (nSPS) is 11.0. The molecule has 0 unspecified atom stereocenters. The lowest BCUT2D eigenvalue weighted by molar-refractivity contribution is 0.0944. The van der Waals surface area contributed by atoms with Crippen molar-refractivity contribution in [2.24, 2.45) is 11.8 Å². The number of amides is 3. The number of oxazole rings is 1. The van der Waals surface area contributed by atoms with Crippen molar-refractivity contribution in [3.05, 3.63) is 17.8 Å². The fraction of sp³-hybridized carbons (Fsp3) is 0.688. The monoisotopic (exact) mass is 324 g/mol. The van der Waals surface area contributed by atoms with Gasteiger partial charge in [0.25, 0.3) is 5.91 Å². The second-order valence-corrected chi connectivity index (χ2v) is 6.68. The Hall–Kier alpha value is -2.05. The van der Waals surface area contributed by atoms with Crippen molar-refractivity contribution in [3.63, 3.8) is 0 Å². The maximum Gasteiger partial charge on any atom is 0.319 e. The largest absolute Gasteiger partial charge is 0.446 e. The molecule has 0 aliphatic carbocycles. The third-order valence-electron chi connectivity index (χ3n) is 3.02. The molecule has 3 amide bonds. The molecule has 1 N–H and O–H groups in total. The number of carbonyl (C=O) groups is 2. The van der Waals surface area contributed by atoms with Gasteiger partial charge in [0.05, 0.1) is 6.54 Å². The van der Waals surface area contributed by atoms with Crippen LogP contribution in [-0.4, -0.2) is 53.9 Å². The van der Waals surface area contributed by atoms with Gasteiger partial charge in [-0.15, -0.1) is 0 Å². The molecule has 0 aromatic carbocycles. The van der Waals surface area contributed by atoms with Gasteiger partial charge in [-0.3, -0.25) is 4.79 Å². The van der Waals surface area contributed by atoms with Crippen LogP contribution in [0, 0.1) is 11.8 Å². The number of carbonyl (C=O) groups excluding carboxylic acids is 2. The molecular weight excluding hydrogens is 296 g/mol. The summed E-state index contributed by atoms with van der Waals surface area (Å²) in [4.78, 5) is 31.5. The number of rotatable bonds is 7. The van der Waals surface area contributed by atoms with Crippen molar-refractivity contribution in [1.82, 2.24) is 20.1 Å². The van der Waals surface area contributed by atoms with Crippen molar-refractivity contribution >= 4 is 11.9 Å². The standard InChI is InChI=1S/C16H28N4O3/c1-11(2)7-17-15(21)13-10-23-14(18-13)9-20(8-12(3)4)16(22)19(5)6/h10-12H,7-9H2,1-6H3,(H,17,21). The van der Waals surface area contributed by atoms with Crippen molar-refractivity contribution in [1.29, 1.82) is 0 Å².